The number of hydrogen-bond donors (Lipinski definition) is 1. The van der Waals surface area contributed by atoms with Crippen molar-refractivity contribution in [2.75, 3.05) is 14.2 Å². The van der Waals surface area contributed by atoms with Crippen LogP contribution in [0.3, 0.4) is 0 Å². The molecule has 0 saturated heterocycles. The van der Waals surface area contributed by atoms with Crippen LogP contribution in [0.15, 0.2) is 206 Å². The van der Waals surface area contributed by atoms with E-state index in [0.717, 1.165) is 59.7 Å². The molecule has 14 nitrogen and oxygen atoms in total. The third kappa shape index (κ3) is 11.2. The largest absolute Gasteiger partial charge is 0.496 e. The van der Waals surface area contributed by atoms with Crippen molar-refractivity contribution in [3.05, 3.63) is 193 Å². The van der Waals surface area contributed by atoms with Gasteiger partial charge in [-0.3, -0.25) is 8.74 Å². The average Bonchev–Trinajstić information content (AvgIpc) is 3.35. The quantitative estimate of drug-likeness (QED) is 0.0666. The van der Waals surface area contributed by atoms with Crippen LogP contribution in [0.5, 0.6) is 40.2 Å². The molecule has 358 valence electrons. The van der Waals surface area contributed by atoms with Crippen molar-refractivity contribution in [1.82, 2.24) is 0 Å². The molecule has 0 amide bonds. The van der Waals surface area contributed by atoms with Crippen molar-refractivity contribution in [2.45, 2.75) is 37.2 Å². The van der Waals surface area contributed by atoms with Gasteiger partial charge in [-0.25, -0.2) is 16.8 Å². The van der Waals surface area contributed by atoms with E-state index in [0.29, 0.717) is 23.0 Å². The van der Waals surface area contributed by atoms with Crippen LogP contribution in [0.4, 0.5) is 0 Å². The first-order valence-corrected chi connectivity index (χ1v) is 27.0. The number of methoxy groups -OCH3 is 1. The molecule has 0 bridgehead atoms. The van der Waals surface area contributed by atoms with E-state index in [9.17, 15) is 38.2 Å². The minimum Gasteiger partial charge on any atom is -0.496 e. The predicted molar refractivity (Wildman–Crippen MR) is 261 cm³/mol. The fourth-order valence-electron chi connectivity index (χ4n) is 7.19. The lowest BCUT2D eigenvalue weighted by Gasteiger charge is -2.14. The van der Waals surface area contributed by atoms with E-state index in [-0.39, 0.29) is 37.5 Å². The number of hydrogen-bond acceptors (Lipinski definition) is 13. The number of sulfone groups is 2. The highest BCUT2D eigenvalue weighted by Gasteiger charge is 2.27. The highest BCUT2D eigenvalue weighted by Crippen LogP contribution is 2.37. The second-order valence-electron chi connectivity index (χ2n) is 15.6. The normalized spacial score (nSPS) is 12.0. The van der Waals surface area contributed by atoms with Gasteiger partial charge < -0.3 is 18.9 Å². The molecule has 0 saturated carbocycles. The van der Waals surface area contributed by atoms with Crippen LogP contribution in [0, 0.1) is 6.92 Å². The molecule has 0 atom stereocenters. The second-order valence-corrected chi connectivity index (χ2v) is 22.7. The first-order valence-electron chi connectivity index (χ1n) is 21.0. The molecule has 8 rings (SSSR count). The molecule has 0 aliphatic heterocycles. The molecular formula is C52H42O14S4. The first-order chi connectivity index (χ1) is 33.3. The molecular weight excluding hydrogens is 977 g/mol. The third-order valence-corrected chi connectivity index (χ3v) is 16.4. The van der Waals surface area contributed by atoms with Crippen LogP contribution in [-0.4, -0.2) is 52.4 Å². The van der Waals surface area contributed by atoms with Crippen molar-refractivity contribution >= 4 is 39.9 Å². The zero-order valence-corrected chi connectivity index (χ0v) is 40.7. The smallest absolute Gasteiger partial charge is 0.300 e. The molecule has 70 heavy (non-hydrogen) atoms. The highest BCUT2D eigenvalue weighted by atomic mass is 32.2. The summed E-state index contributed by atoms with van der Waals surface area (Å²) in [5, 5.41) is 0. The molecule has 1 N–H and O–H groups in total. The van der Waals surface area contributed by atoms with E-state index in [2.05, 4.69) is 24.3 Å². The maximum absolute atomic E-state index is 13.7. The minimum absolute atomic E-state index is 0.0134. The molecule has 0 aromatic heterocycles. The van der Waals surface area contributed by atoms with E-state index in [4.69, 9.17) is 23.1 Å². The van der Waals surface area contributed by atoms with Gasteiger partial charge in [-0.1, -0.05) is 66.2 Å². The summed E-state index contributed by atoms with van der Waals surface area (Å²) < 4.78 is 141. The average molecular weight is 1020 g/mol. The van der Waals surface area contributed by atoms with Gasteiger partial charge in [-0.2, -0.15) is 16.8 Å². The zero-order valence-electron chi connectivity index (χ0n) is 37.4. The number of benzene rings is 8. The van der Waals surface area contributed by atoms with Gasteiger partial charge in [0.25, 0.3) is 20.2 Å². The molecule has 0 radical (unpaired) electrons. The lowest BCUT2D eigenvalue weighted by Crippen LogP contribution is -2.09. The first kappa shape index (κ1) is 49.1. The SMILES string of the molecule is COc1ccc(S(=O)(=O)c2ccc(Oc3ccc(-c4ccc(Oc5ccc(S(=O)(=O)c6ccc(Oc7ccc(-c8ccc(C)cc8)cc7)cc6)cc5)cc4)cc3)c(S(=O)(=O)OC)c2)cc1CS(=O)(=O)O. The van der Waals surface area contributed by atoms with Gasteiger partial charge in [0.2, 0.25) is 19.7 Å². The van der Waals surface area contributed by atoms with Crippen molar-refractivity contribution in [2.24, 2.45) is 0 Å². The van der Waals surface area contributed by atoms with Gasteiger partial charge in [0.05, 0.1) is 33.8 Å². The van der Waals surface area contributed by atoms with Crippen molar-refractivity contribution < 1.29 is 61.4 Å². The van der Waals surface area contributed by atoms with Gasteiger partial charge in [-0.15, -0.1) is 0 Å². The Labute approximate surface area is 406 Å². The highest BCUT2D eigenvalue weighted by molar-refractivity contribution is 7.92. The fraction of sp³-hybridized carbons (Fsp3) is 0.0769. The summed E-state index contributed by atoms with van der Waals surface area (Å²) in [7, 11) is -15.2. The Morgan fingerprint density at radius 2 is 0.743 bits per heavy atom. The van der Waals surface area contributed by atoms with E-state index >= 15 is 0 Å². The number of rotatable bonds is 17. The second kappa shape index (κ2) is 20.0. The van der Waals surface area contributed by atoms with Gasteiger partial charge in [0.15, 0.2) is 0 Å². The van der Waals surface area contributed by atoms with Crippen LogP contribution in [0.1, 0.15) is 11.1 Å². The zero-order chi connectivity index (χ0) is 49.8. The van der Waals surface area contributed by atoms with E-state index in [1.807, 2.05) is 43.3 Å². The summed E-state index contributed by atoms with van der Waals surface area (Å²) in [6, 6.07) is 48.5. The van der Waals surface area contributed by atoms with Crippen molar-refractivity contribution in [3.8, 4) is 62.5 Å². The summed E-state index contributed by atoms with van der Waals surface area (Å²) in [5.41, 5.74) is 4.76. The van der Waals surface area contributed by atoms with Crippen LogP contribution in [0.2, 0.25) is 0 Å². The van der Waals surface area contributed by atoms with E-state index < -0.39 is 55.5 Å². The van der Waals surface area contributed by atoms with Gasteiger partial charge >= 0.3 is 0 Å². The third-order valence-electron chi connectivity index (χ3n) is 10.9. The Morgan fingerprint density at radius 1 is 0.400 bits per heavy atom. The fourth-order valence-corrected chi connectivity index (χ4v) is 11.3. The molecule has 0 fully saturated rings. The van der Waals surface area contributed by atoms with Crippen LogP contribution in [0.25, 0.3) is 22.3 Å². The topological polar surface area (TPSA) is 203 Å². The van der Waals surface area contributed by atoms with Crippen LogP contribution >= 0.6 is 0 Å². The molecule has 0 spiro atoms. The molecule has 0 heterocycles. The Kier molecular flexibility index (Phi) is 14.0. The summed E-state index contributed by atoms with van der Waals surface area (Å²) in [6.45, 7) is 2.04. The minimum atomic E-state index is -4.56. The Morgan fingerprint density at radius 3 is 1.14 bits per heavy atom. The maximum atomic E-state index is 13.7. The Hall–Kier alpha value is -7.32. The molecule has 8 aromatic rings. The standard InChI is InChI=1S/C52H42O14S4/c1-35-4-6-36(7-5-35)37-8-14-41(15-9-37)64-43-20-24-46(25-21-43)68(56,57)47-26-22-44(23-27-47)65-42-16-10-38(11-17-42)39-12-18-45(19-13-39)66-51-31-29-49(33-52(51)70(60,61)63-3)69(58,59)48-28-30-50(62-2)40(32-48)34-67(53,54)55/h4-33H,34H2,1-3H3,(H,53,54,55). The van der Waals surface area contributed by atoms with Gasteiger partial charge in [0, 0.05) is 5.56 Å². The number of ether oxygens (including phenoxy) is 4. The lowest BCUT2D eigenvalue weighted by molar-refractivity contribution is 0.391. The lowest BCUT2D eigenvalue weighted by atomic mass is 10.0. The number of aryl methyl sites for hydroxylation is 1. The van der Waals surface area contributed by atoms with Crippen LogP contribution < -0.4 is 18.9 Å². The summed E-state index contributed by atoms with van der Waals surface area (Å²) in [6.07, 6.45) is 0. The van der Waals surface area contributed by atoms with Crippen molar-refractivity contribution in [1.29, 1.82) is 0 Å². The van der Waals surface area contributed by atoms with Gasteiger partial charge in [0.1, 0.15) is 50.9 Å². The summed E-state index contributed by atoms with van der Waals surface area (Å²) >= 11 is 0. The molecule has 18 heteroatoms. The monoisotopic (exact) mass is 1020 g/mol. The van der Waals surface area contributed by atoms with Crippen LogP contribution in [-0.2, 0) is 49.8 Å². The van der Waals surface area contributed by atoms with E-state index in [1.165, 1.54) is 43.0 Å². The van der Waals surface area contributed by atoms with Gasteiger partial charge in [-0.05, 0) is 151 Å². The van der Waals surface area contributed by atoms with Crippen molar-refractivity contribution in [3.63, 3.8) is 0 Å². The Balaban J connectivity index is 0.900. The molecule has 0 aliphatic rings. The Bertz CT molecular complexity index is 3640. The van der Waals surface area contributed by atoms with E-state index in [1.54, 1.807) is 60.7 Å². The predicted octanol–water partition coefficient (Wildman–Crippen LogP) is 11.1. The molecule has 8 aromatic carbocycles. The maximum Gasteiger partial charge on any atom is 0.300 e. The molecule has 0 aliphatic carbocycles. The summed E-state index contributed by atoms with van der Waals surface area (Å²) in [4.78, 5) is -1.25. The summed E-state index contributed by atoms with van der Waals surface area (Å²) in [5.74, 6) is 1.07. The molecule has 0 unspecified atom stereocenters.